The van der Waals surface area contributed by atoms with Gasteiger partial charge in [0.05, 0.1) is 25.4 Å². The zero-order chi connectivity index (χ0) is 34.9. The molecule has 1 unspecified atom stereocenters. The van der Waals surface area contributed by atoms with Gasteiger partial charge in [-0.2, -0.15) is 0 Å². The first-order valence-corrected chi connectivity index (χ1v) is 19.5. The number of carboxylic acids is 1. The van der Waals surface area contributed by atoms with Gasteiger partial charge in [-0.1, -0.05) is 34.6 Å². The molecular weight excluding hydrogens is 620 g/mol. The highest BCUT2D eigenvalue weighted by molar-refractivity contribution is 5.76. The Morgan fingerprint density at radius 1 is 1.10 bits per heavy atom. The number of ether oxygens (including phenoxy) is 3. The fourth-order valence-corrected chi connectivity index (χ4v) is 13.2. The molecule has 11 atom stereocenters. The largest absolute Gasteiger partial charge is 0.480 e. The molecule has 0 bridgehead atoms. The maximum absolute atomic E-state index is 12.9. The van der Waals surface area contributed by atoms with Crippen molar-refractivity contribution in [3.05, 3.63) is 18.1 Å². The van der Waals surface area contributed by atoms with Crippen LogP contribution in [0.2, 0.25) is 0 Å². The third kappa shape index (κ3) is 4.93. The summed E-state index contributed by atoms with van der Waals surface area (Å²) in [5, 5.41) is 22.0. The number of carboxylic acid groups (broad SMARTS) is 1. The van der Waals surface area contributed by atoms with Gasteiger partial charge in [0.15, 0.2) is 6.29 Å². The van der Waals surface area contributed by atoms with Gasteiger partial charge < -0.3 is 29.3 Å². The molecule has 0 aromatic rings. The summed E-state index contributed by atoms with van der Waals surface area (Å²) in [6.07, 6.45) is 12.5. The molecule has 2 spiro atoms. The second-order valence-electron chi connectivity index (χ2n) is 18.9. The summed E-state index contributed by atoms with van der Waals surface area (Å²) in [7, 11) is 1.84. The lowest BCUT2D eigenvalue weighted by Crippen LogP contribution is -2.59. The lowest BCUT2D eigenvalue weighted by atomic mass is 9.41. The highest BCUT2D eigenvalue weighted by Crippen LogP contribution is 2.90. The molecule has 6 aliphatic carbocycles. The fourth-order valence-electron chi connectivity index (χ4n) is 13.2. The monoisotopic (exact) mass is 681 g/mol. The smallest absolute Gasteiger partial charge is 0.320 e. The number of carbonyl (C=O) groups excluding carboxylic acids is 1. The number of likely N-dealkylation sites (N-methyl/N-ethyl adjacent to an activating group) is 1. The molecule has 9 nitrogen and oxygen atoms in total. The van der Waals surface area contributed by atoms with Gasteiger partial charge in [-0.25, -0.2) is 0 Å². The zero-order valence-corrected chi connectivity index (χ0v) is 31.1. The van der Waals surface area contributed by atoms with Crippen molar-refractivity contribution in [3.63, 3.8) is 0 Å². The minimum absolute atomic E-state index is 0.0176. The summed E-state index contributed by atoms with van der Waals surface area (Å²) in [5.74, 6) is 2.67. The molecule has 49 heavy (non-hydrogen) atoms. The van der Waals surface area contributed by atoms with Gasteiger partial charge in [0, 0.05) is 30.8 Å². The van der Waals surface area contributed by atoms with E-state index in [0.29, 0.717) is 50.4 Å². The Kier molecular flexibility index (Phi) is 8.25. The SMILES string of the molecule is C[C@@H]1C[C](CN(C)[C@H](C)C(=O)O)O[C]2[C@H]1[C@@]1(C)CC[C@@]34C[C@@]35CCC(O[C@H]3CN(C(=O)CC6CC6)CCO3)C(C)(C)[C@@H]5CC[C]4[C@]1(C)[C@H]2O. The third-order valence-electron chi connectivity index (χ3n) is 16.3. The van der Waals surface area contributed by atoms with Crippen LogP contribution < -0.4 is 0 Å². The van der Waals surface area contributed by atoms with E-state index in [2.05, 4.69) is 34.6 Å². The normalized spacial score (nSPS) is 47.1. The van der Waals surface area contributed by atoms with E-state index >= 15 is 0 Å². The van der Waals surface area contributed by atoms with E-state index in [1.807, 2.05) is 16.8 Å². The molecule has 6 saturated carbocycles. The number of aliphatic hydroxyl groups is 1. The van der Waals surface area contributed by atoms with Crippen LogP contribution in [0.4, 0.5) is 0 Å². The van der Waals surface area contributed by atoms with Crippen molar-refractivity contribution in [3.8, 4) is 0 Å². The number of aliphatic hydroxyl groups excluding tert-OH is 1. The van der Waals surface area contributed by atoms with Crippen LogP contribution in [0.25, 0.3) is 0 Å². The number of rotatable bonds is 8. The van der Waals surface area contributed by atoms with Gasteiger partial charge in [-0.05, 0) is 124 Å². The van der Waals surface area contributed by atoms with Crippen LogP contribution in [0.1, 0.15) is 112 Å². The number of nitrogens with zero attached hydrogens (tertiary/aromatic N) is 2. The number of fused-ring (bicyclic) bond motifs is 4. The fraction of sp³-hybridized carbons (Fsp3) is 0.875. The molecule has 2 heterocycles. The Hall–Kier alpha value is -1.26. The van der Waals surface area contributed by atoms with E-state index in [0.717, 1.165) is 50.7 Å². The standard InChI is InChI=1S/C40H61N2O7/c1-23-18-26(20-41(7)24(2)35(45)46)48-33-32(23)37(5)14-15-40-22-39(40)13-12-29(36(3,4)27(39)10-11-28(40)38(37,6)34(33)44)49-31-21-42(16-17-47-31)30(43)19-25-8-9-25/h23-25,27,29,31-32,34,44H,8-22H2,1-7H3,(H,45,46)/t23-,24-,27+,29?,31+,32+,34+,37-,38-,39-,40+/m1/s1. The lowest BCUT2D eigenvalue weighted by molar-refractivity contribution is -0.242. The van der Waals surface area contributed by atoms with Crippen LogP contribution in [0.5, 0.6) is 0 Å². The summed E-state index contributed by atoms with van der Waals surface area (Å²) in [4.78, 5) is 28.4. The highest BCUT2D eigenvalue weighted by Gasteiger charge is 2.85. The average molecular weight is 682 g/mol. The molecule has 8 fully saturated rings. The Bertz CT molecular complexity index is 1340. The van der Waals surface area contributed by atoms with Crippen LogP contribution in [0, 0.1) is 68.9 Å². The first kappa shape index (κ1) is 34.8. The molecule has 273 valence electrons. The molecule has 0 aromatic heterocycles. The van der Waals surface area contributed by atoms with E-state index in [-0.39, 0.29) is 51.3 Å². The Labute approximate surface area is 294 Å². The topological polar surface area (TPSA) is 109 Å². The van der Waals surface area contributed by atoms with Crippen LogP contribution in [0.15, 0.2) is 0 Å². The van der Waals surface area contributed by atoms with Crippen molar-refractivity contribution in [2.75, 3.05) is 33.3 Å². The van der Waals surface area contributed by atoms with Gasteiger partial charge in [0.25, 0.3) is 0 Å². The number of morpholine rings is 1. The molecule has 9 heteroatoms. The Balaban J connectivity index is 0.985. The summed E-state index contributed by atoms with van der Waals surface area (Å²) < 4.78 is 19.7. The third-order valence-corrected chi connectivity index (χ3v) is 16.3. The van der Waals surface area contributed by atoms with Crippen molar-refractivity contribution >= 4 is 11.9 Å². The van der Waals surface area contributed by atoms with E-state index in [1.54, 1.807) is 12.8 Å². The van der Waals surface area contributed by atoms with Crippen molar-refractivity contribution in [1.29, 1.82) is 0 Å². The first-order chi connectivity index (χ1) is 23.1. The van der Waals surface area contributed by atoms with Crippen molar-refractivity contribution < 1.29 is 34.0 Å². The summed E-state index contributed by atoms with van der Waals surface area (Å²) >= 11 is 0. The maximum Gasteiger partial charge on any atom is 0.320 e. The molecular formula is C40H61N2O7. The van der Waals surface area contributed by atoms with E-state index in [4.69, 9.17) is 14.2 Å². The molecule has 2 N–H and O–H groups in total. The van der Waals surface area contributed by atoms with Crippen molar-refractivity contribution in [1.82, 2.24) is 9.80 Å². The van der Waals surface area contributed by atoms with Gasteiger partial charge in [-0.3, -0.25) is 14.5 Å². The molecule has 3 radical (unpaired) electrons. The van der Waals surface area contributed by atoms with Crippen LogP contribution in [-0.4, -0.2) is 89.7 Å². The summed E-state index contributed by atoms with van der Waals surface area (Å²) in [5.41, 5.74) is -0.0295. The van der Waals surface area contributed by atoms with Gasteiger partial charge in [0.1, 0.15) is 18.2 Å². The molecule has 8 rings (SSSR count). The molecule has 0 aromatic carbocycles. The minimum atomic E-state index is -0.839. The van der Waals surface area contributed by atoms with Crippen LogP contribution >= 0.6 is 0 Å². The van der Waals surface area contributed by atoms with Crippen LogP contribution in [0.3, 0.4) is 0 Å². The van der Waals surface area contributed by atoms with Gasteiger partial charge in [-0.15, -0.1) is 0 Å². The first-order valence-electron chi connectivity index (χ1n) is 19.5. The van der Waals surface area contributed by atoms with Crippen molar-refractivity contribution in [2.24, 2.45) is 50.7 Å². The predicted octanol–water partition coefficient (Wildman–Crippen LogP) is 5.86. The Morgan fingerprint density at radius 3 is 2.57 bits per heavy atom. The minimum Gasteiger partial charge on any atom is -0.480 e. The Morgan fingerprint density at radius 2 is 1.86 bits per heavy atom. The zero-order valence-electron chi connectivity index (χ0n) is 31.1. The molecule has 2 aliphatic heterocycles. The van der Waals surface area contributed by atoms with Gasteiger partial charge >= 0.3 is 5.97 Å². The van der Waals surface area contributed by atoms with E-state index in [1.165, 1.54) is 25.7 Å². The predicted molar refractivity (Wildman–Crippen MR) is 183 cm³/mol. The summed E-state index contributed by atoms with van der Waals surface area (Å²) in [6, 6.07) is -0.604. The quantitative estimate of drug-likeness (QED) is 0.328. The second-order valence-corrected chi connectivity index (χ2v) is 18.9. The van der Waals surface area contributed by atoms with E-state index in [9.17, 15) is 19.8 Å². The highest BCUT2D eigenvalue weighted by atomic mass is 16.7. The number of hydrogen-bond acceptors (Lipinski definition) is 7. The number of amides is 1. The lowest BCUT2D eigenvalue weighted by Gasteiger charge is -2.63. The number of hydrogen-bond donors (Lipinski definition) is 2. The molecule has 1 amide bonds. The second kappa shape index (κ2) is 11.6. The van der Waals surface area contributed by atoms with Crippen LogP contribution in [-0.2, 0) is 23.8 Å². The van der Waals surface area contributed by atoms with Crippen molar-refractivity contribution in [2.45, 2.75) is 137 Å². The van der Waals surface area contributed by atoms with Gasteiger partial charge in [0.2, 0.25) is 5.91 Å². The number of aliphatic carboxylic acids is 1. The molecule has 8 aliphatic rings. The molecule has 2 saturated heterocycles. The average Bonchev–Trinajstić information content (AvgIpc) is 3.97. The van der Waals surface area contributed by atoms with E-state index < -0.39 is 18.1 Å². The maximum atomic E-state index is 12.9. The number of carbonyl (C=O) groups is 2. The summed E-state index contributed by atoms with van der Waals surface area (Å²) in [6.45, 7) is 15.9.